The van der Waals surface area contributed by atoms with Crippen LogP contribution in [0, 0.1) is 0 Å². The summed E-state index contributed by atoms with van der Waals surface area (Å²) >= 11 is 0. The maximum absolute atomic E-state index is 4.00. The number of fused-ring (bicyclic) bond motifs is 1. The minimum atomic E-state index is 0.915. The Morgan fingerprint density at radius 3 is 2.67 bits per heavy atom. The van der Waals surface area contributed by atoms with Gasteiger partial charge < -0.3 is 0 Å². The van der Waals surface area contributed by atoms with Crippen LogP contribution in [0.15, 0.2) is 36.6 Å². The van der Waals surface area contributed by atoms with Crippen LogP contribution in [0.4, 0.5) is 0 Å². The minimum Gasteiger partial charge on any atom is -0.159 e. The molecular formula is C10H8N2. The molecule has 1 aromatic rings. The van der Waals surface area contributed by atoms with Gasteiger partial charge in [-0.2, -0.15) is 10.2 Å². The van der Waals surface area contributed by atoms with Gasteiger partial charge in [-0.05, 0) is 12.1 Å². The van der Waals surface area contributed by atoms with Gasteiger partial charge in [0.25, 0.3) is 0 Å². The minimum absolute atomic E-state index is 0.915. The van der Waals surface area contributed by atoms with Crippen molar-refractivity contribution in [1.82, 2.24) is 10.2 Å². The maximum atomic E-state index is 4.00. The molecule has 0 saturated heterocycles. The van der Waals surface area contributed by atoms with E-state index in [0.717, 1.165) is 11.3 Å². The third-order valence-corrected chi connectivity index (χ3v) is 1.65. The van der Waals surface area contributed by atoms with Gasteiger partial charge in [-0.25, -0.2) is 0 Å². The topological polar surface area (TPSA) is 25.8 Å². The van der Waals surface area contributed by atoms with Crippen molar-refractivity contribution < 1.29 is 0 Å². The molecule has 0 fully saturated rings. The molecule has 1 aromatic heterocycles. The largest absolute Gasteiger partial charge is 0.159 e. The summed E-state index contributed by atoms with van der Waals surface area (Å²) in [5.74, 6) is 0. The Morgan fingerprint density at radius 1 is 0.917 bits per heavy atom. The van der Waals surface area contributed by atoms with Gasteiger partial charge in [-0.1, -0.05) is 30.4 Å². The van der Waals surface area contributed by atoms with E-state index in [1.54, 1.807) is 6.20 Å². The average Bonchev–Trinajstić information content (AvgIpc) is 2.06. The molecule has 58 valence electrons. The zero-order valence-electron chi connectivity index (χ0n) is 6.51. The Bertz CT molecular complexity index is 327. The molecule has 1 aliphatic rings. The molecule has 0 aliphatic heterocycles. The molecule has 0 unspecified atom stereocenters. The van der Waals surface area contributed by atoms with Crippen molar-refractivity contribution in [3.05, 3.63) is 47.8 Å². The van der Waals surface area contributed by atoms with E-state index in [-0.39, 0.29) is 0 Å². The van der Waals surface area contributed by atoms with E-state index in [2.05, 4.69) is 10.2 Å². The fourth-order valence-electron chi connectivity index (χ4n) is 1.06. The van der Waals surface area contributed by atoms with Crippen molar-refractivity contribution in [1.29, 1.82) is 0 Å². The number of rotatable bonds is 0. The first kappa shape index (κ1) is 6.98. The lowest BCUT2D eigenvalue weighted by atomic mass is 10.1. The molecule has 0 amide bonds. The molecule has 12 heavy (non-hydrogen) atoms. The SMILES string of the molecule is C1=C/C=C\c2nnccc2C=C1. The van der Waals surface area contributed by atoms with Crippen molar-refractivity contribution >= 4 is 12.2 Å². The zero-order valence-corrected chi connectivity index (χ0v) is 6.51. The van der Waals surface area contributed by atoms with E-state index in [1.165, 1.54) is 0 Å². The Hall–Kier alpha value is -1.70. The van der Waals surface area contributed by atoms with Crippen LogP contribution in [-0.4, -0.2) is 10.2 Å². The lowest BCUT2D eigenvalue weighted by Crippen LogP contribution is -1.89. The number of aromatic nitrogens is 2. The molecule has 0 atom stereocenters. The first-order valence-corrected chi connectivity index (χ1v) is 3.80. The third kappa shape index (κ3) is 1.32. The van der Waals surface area contributed by atoms with E-state index >= 15 is 0 Å². The van der Waals surface area contributed by atoms with Crippen LogP contribution >= 0.6 is 0 Å². The molecule has 0 saturated carbocycles. The molecule has 1 heterocycles. The Labute approximate surface area is 71.0 Å². The van der Waals surface area contributed by atoms with E-state index in [9.17, 15) is 0 Å². The van der Waals surface area contributed by atoms with E-state index in [4.69, 9.17) is 0 Å². The summed E-state index contributed by atoms with van der Waals surface area (Å²) in [4.78, 5) is 0. The summed E-state index contributed by atoms with van der Waals surface area (Å²) < 4.78 is 0. The van der Waals surface area contributed by atoms with Gasteiger partial charge in [0, 0.05) is 5.56 Å². The molecule has 0 N–H and O–H groups in total. The third-order valence-electron chi connectivity index (χ3n) is 1.65. The monoisotopic (exact) mass is 156 g/mol. The second kappa shape index (κ2) is 3.13. The van der Waals surface area contributed by atoms with Crippen LogP contribution in [0.2, 0.25) is 0 Å². The number of nitrogens with zero attached hydrogens (tertiary/aromatic N) is 2. The molecular weight excluding hydrogens is 148 g/mol. The highest BCUT2D eigenvalue weighted by Gasteiger charge is 1.95. The molecule has 1 aliphatic carbocycles. The zero-order chi connectivity index (χ0) is 8.23. The number of hydrogen-bond donors (Lipinski definition) is 0. The highest BCUT2D eigenvalue weighted by Crippen LogP contribution is 2.10. The average molecular weight is 156 g/mol. The number of allylic oxidation sites excluding steroid dienone is 4. The van der Waals surface area contributed by atoms with Gasteiger partial charge in [0.1, 0.15) is 0 Å². The normalized spacial score (nSPS) is 16.3. The molecule has 2 rings (SSSR count). The van der Waals surface area contributed by atoms with E-state index in [0.29, 0.717) is 0 Å². The molecule has 0 radical (unpaired) electrons. The quantitative estimate of drug-likeness (QED) is 0.574. The van der Waals surface area contributed by atoms with Gasteiger partial charge in [-0.15, -0.1) is 0 Å². The van der Waals surface area contributed by atoms with Crippen LogP contribution in [0.3, 0.4) is 0 Å². The van der Waals surface area contributed by atoms with Gasteiger partial charge in [-0.3, -0.25) is 0 Å². The van der Waals surface area contributed by atoms with Crippen LogP contribution < -0.4 is 0 Å². The fourth-order valence-corrected chi connectivity index (χ4v) is 1.06. The molecule has 0 aromatic carbocycles. The number of hydrogen-bond acceptors (Lipinski definition) is 2. The van der Waals surface area contributed by atoms with E-state index < -0.39 is 0 Å². The predicted octanol–water partition coefficient (Wildman–Crippen LogP) is 2.07. The van der Waals surface area contributed by atoms with Crippen LogP contribution in [-0.2, 0) is 0 Å². The Kier molecular flexibility index (Phi) is 1.82. The van der Waals surface area contributed by atoms with Gasteiger partial charge in [0.05, 0.1) is 11.9 Å². The van der Waals surface area contributed by atoms with Crippen molar-refractivity contribution in [3.8, 4) is 0 Å². The maximum Gasteiger partial charge on any atom is 0.0929 e. The van der Waals surface area contributed by atoms with Crippen molar-refractivity contribution in [2.24, 2.45) is 0 Å². The lowest BCUT2D eigenvalue weighted by molar-refractivity contribution is 1.01. The van der Waals surface area contributed by atoms with Crippen LogP contribution in [0.25, 0.3) is 12.2 Å². The highest BCUT2D eigenvalue weighted by molar-refractivity contribution is 5.64. The predicted molar refractivity (Wildman–Crippen MR) is 49.2 cm³/mol. The highest BCUT2D eigenvalue weighted by atomic mass is 15.1. The van der Waals surface area contributed by atoms with Gasteiger partial charge in [0.15, 0.2) is 0 Å². The molecule has 0 bridgehead atoms. The Morgan fingerprint density at radius 2 is 1.75 bits per heavy atom. The van der Waals surface area contributed by atoms with Gasteiger partial charge in [0.2, 0.25) is 0 Å². The molecule has 2 heteroatoms. The summed E-state index contributed by atoms with van der Waals surface area (Å²) in [7, 11) is 0. The summed E-state index contributed by atoms with van der Waals surface area (Å²) in [6.07, 6.45) is 13.6. The second-order valence-electron chi connectivity index (χ2n) is 2.47. The van der Waals surface area contributed by atoms with Crippen LogP contribution in [0.1, 0.15) is 11.3 Å². The fraction of sp³-hybridized carbons (Fsp3) is 0. The van der Waals surface area contributed by atoms with Crippen molar-refractivity contribution in [2.75, 3.05) is 0 Å². The lowest BCUT2D eigenvalue weighted by Gasteiger charge is -1.97. The summed E-state index contributed by atoms with van der Waals surface area (Å²) in [6.45, 7) is 0. The standard InChI is InChI=1S/C10H8N2/c1-2-4-6-10-9(5-3-1)7-8-11-12-10/h1-8H/b2-1?,3-1?,4-2?,5-3?,6-4-,9-5?,10-6?. The Balaban J connectivity index is 2.54. The summed E-state index contributed by atoms with van der Waals surface area (Å²) in [5.41, 5.74) is 2.02. The smallest absolute Gasteiger partial charge is 0.0929 e. The van der Waals surface area contributed by atoms with Crippen molar-refractivity contribution in [3.63, 3.8) is 0 Å². The van der Waals surface area contributed by atoms with Crippen molar-refractivity contribution in [2.45, 2.75) is 0 Å². The summed E-state index contributed by atoms with van der Waals surface area (Å²) in [6, 6.07) is 1.95. The second-order valence-corrected chi connectivity index (χ2v) is 2.47. The first-order chi connectivity index (χ1) is 5.97. The molecule has 0 spiro atoms. The summed E-state index contributed by atoms with van der Waals surface area (Å²) in [5, 5.41) is 7.81. The van der Waals surface area contributed by atoms with Crippen LogP contribution in [0.5, 0.6) is 0 Å². The molecule has 2 nitrogen and oxygen atoms in total. The van der Waals surface area contributed by atoms with E-state index in [1.807, 2.05) is 42.5 Å². The van der Waals surface area contributed by atoms with Gasteiger partial charge >= 0.3 is 0 Å². The first-order valence-electron chi connectivity index (χ1n) is 3.80.